The number of piperazine rings is 1. The zero-order valence-corrected chi connectivity index (χ0v) is 12.4. The first-order valence-electron chi connectivity index (χ1n) is 6.83. The molecule has 1 saturated heterocycles. The molecule has 20 heavy (non-hydrogen) atoms. The Morgan fingerprint density at radius 2 is 1.90 bits per heavy atom. The van der Waals surface area contributed by atoms with Crippen LogP contribution in [0.2, 0.25) is 0 Å². The van der Waals surface area contributed by atoms with Crippen molar-refractivity contribution in [3.05, 3.63) is 35.0 Å². The van der Waals surface area contributed by atoms with Crippen molar-refractivity contribution in [2.75, 3.05) is 36.0 Å². The molecule has 1 fully saturated rings. The fourth-order valence-electron chi connectivity index (χ4n) is 2.58. The van der Waals surface area contributed by atoms with Crippen molar-refractivity contribution in [2.45, 2.75) is 13.5 Å². The van der Waals surface area contributed by atoms with Crippen molar-refractivity contribution in [1.82, 2.24) is 9.97 Å². The molecule has 0 radical (unpaired) electrons. The zero-order valence-electron chi connectivity index (χ0n) is 11.6. The van der Waals surface area contributed by atoms with Crippen LogP contribution in [-0.4, -0.2) is 36.1 Å². The molecule has 0 aliphatic carbocycles. The minimum atomic E-state index is 0.543. The highest BCUT2D eigenvalue weighted by molar-refractivity contribution is 7.13. The number of pyridine rings is 1. The average Bonchev–Trinajstić information content (AvgIpc) is 3.01. The maximum Gasteiger partial charge on any atom is 0.185 e. The molecular formula is C14H19N5S. The Kier molecular flexibility index (Phi) is 3.84. The van der Waals surface area contributed by atoms with E-state index in [2.05, 4.69) is 26.7 Å². The van der Waals surface area contributed by atoms with E-state index >= 15 is 0 Å². The molecular weight excluding hydrogens is 270 g/mol. The summed E-state index contributed by atoms with van der Waals surface area (Å²) < 4.78 is 0. The van der Waals surface area contributed by atoms with Crippen LogP contribution in [0.4, 0.5) is 10.9 Å². The normalized spacial score (nSPS) is 15.7. The highest BCUT2D eigenvalue weighted by atomic mass is 32.1. The average molecular weight is 289 g/mol. The summed E-state index contributed by atoms with van der Waals surface area (Å²) in [5.74, 6) is 1.05. The molecule has 0 aromatic carbocycles. The minimum absolute atomic E-state index is 0.543. The predicted octanol–water partition coefficient (Wildman–Crippen LogP) is 1.63. The first kappa shape index (κ1) is 13.3. The third-order valence-corrected chi connectivity index (χ3v) is 4.57. The lowest BCUT2D eigenvalue weighted by molar-refractivity contribution is 0.643. The molecule has 6 heteroatoms. The Balaban J connectivity index is 1.74. The van der Waals surface area contributed by atoms with Gasteiger partial charge in [-0.2, -0.15) is 0 Å². The number of hydrogen-bond acceptors (Lipinski definition) is 6. The van der Waals surface area contributed by atoms with Crippen LogP contribution in [0.3, 0.4) is 0 Å². The van der Waals surface area contributed by atoms with Crippen LogP contribution >= 0.6 is 11.3 Å². The van der Waals surface area contributed by atoms with E-state index in [0.29, 0.717) is 6.54 Å². The standard InChI is InChI=1S/C14H19N5S/c1-11-2-3-16-13(12(11)10-15)18-5-7-19(8-6-18)14-17-4-9-20-14/h2-4,9H,5-8,10,15H2,1H3. The quantitative estimate of drug-likeness (QED) is 0.930. The molecule has 0 atom stereocenters. The number of hydrogen-bond donors (Lipinski definition) is 1. The van der Waals surface area contributed by atoms with Gasteiger partial charge in [0, 0.05) is 56.1 Å². The zero-order chi connectivity index (χ0) is 13.9. The van der Waals surface area contributed by atoms with Gasteiger partial charge in [-0.15, -0.1) is 11.3 Å². The first-order valence-corrected chi connectivity index (χ1v) is 7.71. The topological polar surface area (TPSA) is 58.3 Å². The molecule has 0 saturated carbocycles. The van der Waals surface area contributed by atoms with Crippen LogP contribution in [0.1, 0.15) is 11.1 Å². The molecule has 0 unspecified atom stereocenters. The summed E-state index contributed by atoms with van der Waals surface area (Å²) in [7, 11) is 0. The van der Waals surface area contributed by atoms with Gasteiger partial charge in [0.2, 0.25) is 0 Å². The number of aryl methyl sites for hydroxylation is 1. The fraction of sp³-hybridized carbons (Fsp3) is 0.429. The van der Waals surface area contributed by atoms with Gasteiger partial charge in [0.15, 0.2) is 5.13 Å². The highest BCUT2D eigenvalue weighted by Gasteiger charge is 2.21. The van der Waals surface area contributed by atoms with Crippen LogP contribution in [0, 0.1) is 6.92 Å². The molecule has 3 heterocycles. The van der Waals surface area contributed by atoms with E-state index in [0.717, 1.165) is 42.7 Å². The van der Waals surface area contributed by atoms with E-state index in [-0.39, 0.29) is 0 Å². The van der Waals surface area contributed by atoms with Crippen LogP contribution in [-0.2, 0) is 6.54 Å². The van der Waals surface area contributed by atoms with Crippen LogP contribution < -0.4 is 15.5 Å². The van der Waals surface area contributed by atoms with Gasteiger partial charge in [0.25, 0.3) is 0 Å². The van der Waals surface area contributed by atoms with E-state index in [1.807, 2.05) is 23.8 Å². The largest absolute Gasteiger partial charge is 0.353 e. The lowest BCUT2D eigenvalue weighted by atomic mass is 10.1. The van der Waals surface area contributed by atoms with E-state index in [1.54, 1.807) is 11.3 Å². The van der Waals surface area contributed by atoms with Crippen molar-refractivity contribution in [1.29, 1.82) is 0 Å². The molecule has 3 rings (SSSR count). The summed E-state index contributed by atoms with van der Waals surface area (Å²) in [6, 6.07) is 2.03. The van der Waals surface area contributed by atoms with Crippen molar-refractivity contribution in [2.24, 2.45) is 5.73 Å². The molecule has 106 valence electrons. The van der Waals surface area contributed by atoms with Gasteiger partial charge in [0.05, 0.1) is 0 Å². The van der Waals surface area contributed by atoms with Gasteiger partial charge in [0.1, 0.15) is 5.82 Å². The fourth-order valence-corrected chi connectivity index (χ4v) is 3.28. The summed E-state index contributed by atoms with van der Waals surface area (Å²) in [5.41, 5.74) is 8.26. The molecule has 2 aromatic heterocycles. The maximum atomic E-state index is 5.88. The SMILES string of the molecule is Cc1ccnc(N2CCN(c3nccs3)CC2)c1CN. The second-order valence-corrected chi connectivity index (χ2v) is 5.80. The molecule has 0 amide bonds. The van der Waals surface area contributed by atoms with Gasteiger partial charge in [-0.3, -0.25) is 0 Å². The maximum absolute atomic E-state index is 5.88. The molecule has 2 N–H and O–H groups in total. The molecule has 1 aliphatic rings. The number of thiazole rings is 1. The second kappa shape index (κ2) is 5.76. The predicted molar refractivity (Wildman–Crippen MR) is 83.4 cm³/mol. The van der Waals surface area contributed by atoms with Crippen molar-refractivity contribution in [3.63, 3.8) is 0 Å². The molecule has 2 aromatic rings. The van der Waals surface area contributed by atoms with E-state index in [9.17, 15) is 0 Å². The molecule has 1 aliphatic heterocycles. The smallest absolute Gasteiger partial charge is 0.185 e. The van der Waals surface area contributed by atoms with Gasteiger partial charge < -0.3 is 15.5 Å². The molecule has 5 nitrogen and oxygen atoms in total. The Hall–Kier alpha value is -1.66. The Morgan fingerprint density at radius 1 is 1.15 bits per heavy atom. The Bertz CT molecular complexity index is 561. The van der Waals surface area contributed by atoms with Gasteiger partial charge >= 0.3 is 0 Å². The molecule has 0 spiro atoms. The third-order valence-electron chi connectivity index (χ3n) is 3.74. The van der Waals surface area contributed by atoms with Crippen LogP contribution in [0.15, 0.2) is 23.8 Å². The van der Waals surface area contributed by atoms with Gasteiger partial charge in [-0.1, -0.05) is 0 Å². The number of nitrogens with zero attached hydrogens (tertiary/aromatic N) is 4. The van der Waals surface area contributed by atoms with Crippen LogP contribution in [0.25, 0.3) is 0 Å². The lowest BCUT2D eigenvalue weighted by Crippen LogP contribution is -2.47. The summed E-state index contributed by atoms with van der Waals surface area (Å²) >= 11 is 1.70. The summed E-state index contributed by atoms with van der Waals surface area (Å²) in [6.07, 6.45) is 3.73. The monoisotopic (exact) mass is 289 g/mol. The van der Waals surface area contributed by atoms with Gasteiger partial charge in [-0.25, -0.2) is 9.97 Å². The third kappa shape index (κ3) is 2.48. The summed E-state index contributed by atoms with van der Waals surface area (Å²) in [6.45, 7) is 6.52. The number of nitrogens with two attached hydrogens (primary N) is 1. The highest BCUT2D eigenvalue weighted by Crippen LogP contribution is 2.24. The van der Waals surface area contributed by atoms with Crippen molar-refractivity contribution < 1.29 is 0 Å². The minimum Gasteiger partial charge on any atom is -0.353 e. The number of aromatic nitrogens is 2. The summed E-state index contributed by atoms with van der Waals surface area (Å²) in [5, 5.41) is 3.14. The van der Waals surface area contributed by atoms with Crippen LogP contribution in [0.5, 0.6) is 0 Å². The van der Waals surface area contributed by atoms with Crippen molar-refractivity contribution >= 4 is 22.3 Å². The summed E-state index contributed by atoms with van der Waals surface area (Å²) in [4.78, 5) is 13.6. The first-order chi connectivity index (χ1) is 9.79. The Labute approximate surface area is 123 Å². The second-order valence-electron chi connectivity index (χ2n) is 4.92. The van der Waals surface area contributed by atoms with E-state index in [4.69, 9.17) is 5.73 Å². The Morgan fingerprint density at radius 3 is 2.55 bits per heavy atom. The van der Waals surface area contributed by atoms with E-state index in [1.165, 1.54) is 5.56 Å². The van der Waals surface area contributed by atoms with Crippen molar-refractivity contribution in [3.8, 4) is 0 Å². The van der Waals surface area contributed by atoms with Gasteiger partial charge in [-0.05, 0) is 18.6 Å². The van der Waals surface area contributed by atoms with E-state index < -0.39 is 0 Å². The number of rotatable bonds is 3. The number of anilines is 2. The lowest BCUT2D eigenvalue weighted by Gasteiger charge is -2.36. The molecule has 0 bridgehead atoms.